The molecule has 0 aromatic rings. The number of nitriles is 1. The highest BCUT2D eigenvalue weighted by Crippen LogP contribution is 2.26. The Balaban J connectivity index is 0.000000265. The molecule has 1 rings (SSSR count). The van der Waals surface area contributed by atoms with Crippen LogP contribution in [0.1, 0.15) is 32.1 Å². The minimum absolute atomic E-state index is 0.750. The molecule has 1 aliphatic carbocycles. The van der Waals surface area contributed by atoms with Crippen molar-refractivity contribution in [3.63, 3.8) is 0 Å². The fourth-order valence-corrected chi connectivity index (χ4v) is 1.34. The van der Waals surface area contributed by atoms with E-state index in [9.17, 15) is 13.2 Å². The van der Waals surface area contributed by atoms with Gasteiger partial charge in [-0.1, -0.05) is 12.8 Å². The van der Waals surface area contributed by atoms with E-state index in [2.05, 4.69) is 6.07 Å². The average molecular weight is 223 g/mol. The van der Waals surface area contributed by atoms with Crippen molar-refractivity contribution in [1.82, 2.24) is 0 Å². The van der Waals surface area contributed by atoms with Crippen LogP contribution in [0.2, 0.25) is 0 Å². The SMILES string of the molecule is N#CCC1CCCC1.O=C(O)C(F)(F)F. The minimum atomic E-state index is -5.08. The summed E-state index contributed by atoms with van der Waals surface area (Å²) in [5.74, 6) is -2.01. The van der Waals surface area contributed by atoms with Crippen LogP contribution in [0.3, 0.4) is 0 Å². The summed E-state index contributed by atoms with van der Waals surface area (Å²) >= 11 is 0. The molecule has 1 saturated carbocycles. The first-order valence-corrected chi connectivity index (χ1v) is 4.55. The molecule has 0 atom stereocenters. The largest absolute Gasteiger partial charge is 0.490 e. The summed E-state index contributed by atoms with van der Waals surface area (Å²) in [5.41, 5.74) is 0. The molecule has 0 amide bonds. The summed E-state index contributed by atoms with van der Waals surface area (Å²) < 4.78 is 31.7. The van der Waals surface area contributed by atoms with Gasteiger partial charge in [-0.25, -0.2) is 4.79 Å². The summed E-state index contributed by atoms with van der Waals surface area (Å²) in [5, 5.41) is 15.4. The standard InChI is InChI=1S/C7H11N.C2HF3O2/c8-6-5-7-3-1-2-4-7;3-2(4,5)1(6)7/h7H,1-5H2;(H,6,7). The van der Waals surface area contributed by atoms with Gasteiger partial charge in [-0.15, -0.1) is 0 Å². The van der Waals surface area contributed by atoms with E-state index in [1.54, 1.807) is 0 Å². The quantitative estimate of drug-likeness (QED) is 0.743. The van der Waals surface area contributed by atoms with Crippen molar-refractivity contribution in [3.8, 4) is 6.07 Å². The maximum absolute atomic E-state index is 10.6. The van der Waals surface area contributed by atoms with Crippen molar-refractivity contribution in [2.45, 2.75) is 38.3 Å². The topological polar surface area (TPSA) is 61.1 Å². The molecule has 0 spiro atoms. The molecule has 86 valence electrons. The van der Waals surface area contributed by atoms with Crippen LogP contribution < -0.4 is 0 Å². The van der Waals surface area contributed by atoms with Gasteiger partial charge >= 0.3 is 12.1 Å². The van der Waals surface area contributed by atoms with Crippen LogP contribution >= 0.6 is 0 Å². The van der Waals surface area contributed by atoms with Crippen molar-refractivity contribution in [2.24, 2.45) is 5.92 Å². The number of hydrogen-bond acceptors (Lipinski definition) is 2. The van der Waals surface area contributed by atoms with E-state index >= 15 is 0 Å². The molecule has 6 heteroatoms. The molecule has 0 unspecified atom stereocenters. The maximum Gasteiger partial charge on any atom is 0.490 e. The van der Waals surface area contributed by atoms with Crippen molar-refractivity contribution in [2.75, 3.05) is 0 Å². The zero-order chi connectivity index (χ0) is 11.9. The average Bonchev–Trinajstić information content (AvgIpc) is 2.57. The highest BCUT2D eigenvalue weighted by Gasteiger charge is 2.38. The summed E-state index contributed by atoms with van der Waals surface area (Å²) in [7, 11) is 0. The molecule has 0 heterocycles. The Morgan fingerprint density at radius 3 is 2.07 bits per heavy atom. The lowest BCUT2D eigenvalue weighted by atomic mass is 10.1. The molecular weight excluding hydrogens is 211 g/mol. The number of rotatable bonds is 1. The van der Waals surface area contributed by atoms with Crippen molar-refractivity contribution in [1.29, 1.82) is 5.26 Å². The van der Waals surface area contributed by atoms with Gasteiger partial charge in [0.25, 0.3) is 0 Å². The van der Waals surface area contributed by atoms with Crippen molar-refractivity contribution < 1.29 is 23.1 Å². The highest BCUT2D eigenvalue weighted by molar-refractivity contribution is 5.73. The van der Waals surface area contributed by atoms with E-state index in [4.69, 9.17) is 15.2 Å². The van der Waals surface area contributed by atoms with E-state index in [1.807, 2.05) is 0 Å². The Kier molecular flexibility index (Phi) is 5.75. The van der Waals surface area contributed by atoms with E-state index in [-0.39, 0.29) is 0 Å². The number of alkyl halides is 3. The monoisotopic (exact) mass is 223 g/mol. The lowest BCUT2D eigenvalue weighted by Crippen LogP contribution is -2.21. The first-order chi connectivity index (χ1) is 6.88. The van der Waals surface area contributed by atoms with Gasteiger partial charge in [-0.2, -0.15) is 18.4 Å². The second-order valence-electron chi connectivity index (χ2n) is 3.32. The molecule has 0 aromatic carbocycles. The molecule has 1 aliphatic rings. The molecule has 3 nitrogen and oxygen atoms in total. The molecule has 0 bridgehead atoms. The van der Waals surface area contributed by atoms with Gasteiger partial charge in [-0.3, -0.25) is 0 Å². The third-order valence-electron chi connectivity index (χ3n) is 2.10. The van der Waals surface area contributed by atoms with Crippen LogP contribution in [0.4, 0.5) is 13.2 Å². The summed E-state index contributed by atoms with van der Waals surface area (Å²) in [6.07, 6.45) is 1.01. The molecule has 0 radical (unpaired) electrons. The predicted molar refractivity (Wildman–Crippen MR) is 45.9 cm³/mol. The van der Waals surface area contributed by atoms with Gasteiger partial charge in [0.1, 0.15) is 0 Å². The molecule has 1 fully saturated rings. The van der Waals surface area contributed by atoms with Gasteiger partial charge in [0.2, 0.25) is 0 Å². The van der Waals surface area contributed by atoms with Crippen LogP contribution in [0.15, 0.2) is 0 Å². The number of carboxylic acids is 1. The van der Waals surface area contributed by atoms with Gasteiger partial charge in [0.15, 0.2) is 0 Å². The molecule has 1 N–H and O–H groups in total. The van der Waals surface area contributed by atoms with Gasteiger partial charge < -0.3 is 5.11 Å². The van der Waals surface area contributed by atoms with Gasteiger partial charge in [0.05, 0.1) is 6.07 Å². The second-order valence-corrected chi connectivity index (χ2v) is 3.32. The molecule has 0 aliphatic heterocycles. The zero-order valence-corrected chi connectivity index (χ0v) is 8.05. The Hall–Kier alpha value is -1.25. The number of nitrogens with zero attached hydrogens (tertiary/aromatic N) is 1. The first kappa shape index (κ1) is 13.8. The van der Waals surface area contributed by atoms with E-state index < -0.39 is 12.1 Å². The number of carboxylic acid groups (broad SMARTS) is 1. The third kappa shape index (κ3) is 6.77. The van der Waals surface area contributed by atoms with Gasteiger partial charge in [-0.05, 0) is 18.8 Å². The van der Waals surface area contributed by atoms with Crippen LogP contribution in [0, 0.1) is 17.2 Å². The second kappa shape index (κ2) is 6.27. The molecular formula is C9H12F3NO2. The summed E-state index contributed by atoms with van der Waals surface area (Å²) in [6, 6.07) is 2.21. The van der Waals surface area contributed by atoms with Crippen LogP contribution in [0.25, 0.3) is 0 Å². The number of hydrogen-bond donors (Lipinski definition) is 1. The van der Waals surface area contributed by atoms with E-state index in [0.29, 0.717) is 0 Å². The fraction of sp³-hybridized carbons (Fsp3) is 0.778. The Morgan fingerprint density at radius 2 is 1.80 bits per heavy atom. The Morgan fingerprint density at radius 1 is 1.40 bits per heavy atom. The number of halogens is 3. The van der Waals surface area contributed by atoms with Crippen LogP contribution in [-0.2, 0) is 4.79 Å². The van der Waals surface area contributed by atoms with Crippen LogP contribution in [-0.4, -0.2) is 17.3 Å². The molecule has 0 saturated heterocycles. The fourth-order valence-electron chi connectivity index (χ4n) is 1.34. The lowest BCUT2D eigenvalue weighted by Gasteiger charge is -1.97. The predicted octanol–water partition coefficient (Wildman–Crippen LogP) is 2.72. The summed E-state index contributed by atoms with van der Waals surface area (Å²) in [4.78, 5) is 8.90. The van der Waals surface area contributed by atoms with E-state index in [1.165, 1.54) is 25.7 Å². The van der Waals surface area contributed by atoms with Crippen molar-refractivity contribution in [3.05, 3.63) is 0 Å². The zero-order valence-electron chi connectivity index (χ0n) is 8.05. The third-order valence-corrected chi connectivity index (χ3v) is 2.10. The van der Waals surface area contributed by atoms with Crippen LogP contribution in [0.5, 0.6) is 0 Å². The van der Waals surface area contributed by atoms with E-state index in [0.717, 1.165) is 12.3 Å². The maximum atomic E-state index is 10.6. The Bertz CT molecular complexity index is 239. The normalized spacial score (nSPS) is 16.4. The lowest BCUT2D eigenvalue weighted by molar-refractivity contribution is -0.192. The minimum Gasteiger partial charge on any atom is -0.475 e. The highest BCUT2D eigenvalue weighted by atomic mass is 19.4. The molecule has 15 heavy (non-hydrogen) atoms. The van der Waals surface area contributed by atoms with Gasteiger partial charge in [0, 0.05) is 6.42 Å². The number of carbonyl (C=O) groups is 1. The molecule has 0 aromatic heterocycles. The smallest absolute Gasteiger partial charge is 0.475 e. The first-order valence-electron chi connectivity index (χ1n) is 4.55. The van der Waals surface area contributed by atoms with Crippen molar-refractivity contribution >= 4 is 5.97 Å². The number of aliphatic carboxylic acids is 1. The Labute approximate surface area is 85.5 Å². The summed E-state index contributed by atoms with van der Waals surface area (Å²) in [6.45, 7) is 0.